The smallest absolute Gasteiger partial charge is 0.338 e. The topological polar surface area (TPSA) is 68.5 Å². The van der Waals surface area contributed by atoms with Crippen LogP contribution in [0.4, 0.5) is 5.82 Å². The molecular formula is C14H21N3O2. The molecule has 0 saturated carbocycles. The summed E-state index contributed by atoms with van der Waals surface area (Å²) in [6, 6.07) is 3.64. The molecule has 2 rings (SSSR count). The number of carbonyl (C=O) groups excluding carboxylic acids is 1. The van der Waals surface area contributed by atoms with E-state index >= 15 is 0 Å². The number of piperidine rings is 1. The van der Waals surface area contributed by atoms with Crippen LogP contribution in [0, 0.1) is 5.92 Å². The third-order valence-corrected chi connectivity index (χ3v) is 3.69. The quantitative estimate of drug-likeness (QED) is 0.836. The molecular weight excluding hydrogens is 242 g/mol. The molecule has 0 bridgehead atoms. The molecule has 0 aromatic carbocycles. The van der Waals surface area contributed by atoms with E-state index in [2.05, 4.69) is 9.88 Å². The number of methoxy groups -OCH3 is 1. The summed E-state index contributed by atoms with van der Waals surface area (Å²) in [5, 5.41) is 0. The first-order valence-corrected chi connectivity index (χ1v) is 6.66. The lowest BCUT2D eigenvalue weighted by Crippen LogP contribution is -2.42. The van der Waals surface area contributed by atoms with Gasteiger partial charge in [-0.1, -0.05) is 0 Å². The second kappa shape index (κ2) is 6.02. The first-order chi connectivity index (χ1) is 9.11. The number of nitrogens with two attached hydrogens (primary N) is 1. The number of aromatic nitrogens is 1. The molecule has 2 atom stereocenters. The Morgan fingerprint density at radius 3 is 3.11 bits per heavy atom. The number of pyridine rings is 1. The predicted molar refractivity (Wildman–Crippen MR) is 74.2 cm³/mol. The molecule has 1 fully saturated rings. The van der Waals surface area contributed by atoms with E-state index in [0.717, 1.165) is 31.7 Å². The van der Waals surface area contributed by atoms with Crippen LogP contribution >= 0.6 is 0 Å². The molecule has 2 heterocycles. The molecule has 0 aliphatic carbocycles. The zero-order valence-corrected chi connectivity index (χ0v) is 11.5. The van der Waals surface area contributed by atoms with E-state index in [9.17, 15) is 4.79 Å². The molecule has 0 spiro atoms. The Kier molecular flexibility index (Phi) is 4.37. The van der Waals surface area contributed by atoms with Crippen LogP contribution < -0.4 is 10.6 Å². The van der Waals surface area contributed by atoms with Gasteiger partial charge in [0.2, 0.25) is 0 Å². The normalized spacial score (nSPS) is 21.0. The molecule has 2 unspecified atom stereocenters. The number of nitrogens with zero attached hydrogens (tertiary/aromatic N) is 2. The van der Waals surface area contributed by atoms with Gasteiger partial charge in [0.25, 0.3) is 0 Å². The minimum atomic E-state index is -0.329. The van der Waals surface area contributed by atoms with Gasteiger partial charge in [-0.25, -0.2) is 9.78 Å². The number of ether oxygens (including phenoxy) is 1. The lowest BCUT2D eigenvalue weighted by atomic mass is 9.92. The van der Waals surface area contributed by atoms with E-state index in [1.54, 1.807) is 18.3 Å². The van der Waals surface area contributed by atoms with Crippen molar-refractivity contribution < 1.29 is 9.53 Å². The summed E-state index contributed by atoms with van der Waals surface area (Å²) in [7, 11) is 1.38. The van der Waals surface area contributed by atoms with Crippen molar-refractivity contribution in [1.29, 1.82) is 0 Å². The maximum absolute atomic E-state index is 11.5. The van der Waals surface area contributed by atoms with Gasteiger partial charge < -0.3 is 15.4 Å². The maximum atomic E-state index is 11.5. The van der Waals surface area contributed by atoms with E-state index in [1.807, 2.05) is 6.92 Å². The molecule has 0 radical (unpaired) electrons. The summed E-state index contributed by atoms with van der Waals surface area (Å²) in [6.07, 6.45) is 3.91. The van der Waals surface area contributed by atoms with Crippen LogP contribution in [0.2, 0.25) is 0 Å². The number of carbonyl (C=O) groups is 1. The monoisotopic (exact) mass is 263 g/mol. The van der Waals surface area contributed by atoms with Gasteiger partial charge in [-0.2, -0.15) is 0 Å². The number of rotatable bonds is 3. The van der Waals surface area contributed by atoms with Crippen LogP contribution in [-0.4, -0.2) is 37.2 Å². The van der Waals surface area contributed by atoms with E-state index < -0.39 is 0 Å². The summed E-state index contributed by atoms with van der Waals surface area (Å²) in [5.41, 5.74) is 6.52. The molecule has 5 nitrogen and oxygen atoms in total. The lowest BCUT2D eigenvalue weighted by Gasteiger charge is -2.35. The van der Waals surface area contributed by atoms with E-state index in [4.69, 9.17) is 10.5 Å². The number of esters is 1. The van der Waals surface area contributed by atoms with Crippen LogP contribution in [0.5, 0.6) is 0 Å². The summed E-state index contributed by atoms with van der Waals surface area (Å²) < 4.78 is 4.73. The van der Waals surface area contributed by atoms with Crippen LogP contribution in [-0.2, 0) is 4.74 Å². The molecule has 0 amide bonds. The molecule has 2 N–H and O–H groups in total. The van der Waals surface area contributed by atoms with Gasteiger partial charge in [0.15, 0.2) is 0 Å². The number of hydrogen-bond donors (Lipinski definition) is 1. The molecule has 5 heteroatoms. The highest BCUT2D eigenvalue weighted by Crippen LogP contribution is 2.23. The Labute approximate surface area is 113 Å². The highest BCUT2D eigenvalue weighted by Gasteiger charge is 2.23. The molecule has 1 aliphatic rings. The van der Waals surface area contributed by atoms with Crippen LogP contribution in [0.25, 0.3) is 0 Å². The molecule has 1 aliphatic heterocycles. The fraction of sp³-hybridized carbons (Fsp3) is 0.571. The average molecular weight is 263 g/mol. The van der Waals surface area contributed by atoms with Crippen LogP contribution in [0.3, 0.4) is 0 Å². The van der Waals surface area contributed by atoms with Crippen molar-refractivity contribution in [3.8, 4) is 0 Å². The molecule has 1 saturated heterocycles. The van der Waals surface area contributed by atoms with Crippen LogP contribution in [0.15, 0.2) is 18.3 Å². The Bertz CT molecular complexity index is 448. The van der Waals surface area contributed by atoms with Crippen LogP contribution in [0.1, 0.15) is 30.1 Å². The van der Waals surface area contributed by atoms with Crippen molar-refractivity contribution in [2.45, 2.75) is 25.8 Å². The third-order valence-electron chi connectivity index (χ3n) is 3.69. The highest BCUT2D eigenvalue weighted by molar-refractivity contribution is 5.90. The van der Waals surface area contributed by atoms with Gasteiger partial charge in [-0.3, -0.25) is 0 Å². The molecule has 1 aromatic rings. The number of hydrogen-bond acceptors (Lipinski definition) is 5. The van der Waals surface area contributed by atoms with Crippen molar-refractivity contribution in [2.75, 3.05) is 25.1 Å². The fourth-order valence-corrected chi connectivity index (χ4v) is 2.48. The van der Waals surface area contributed by atoms with E-state index in [1.165, 1.54) is 7.11 Å². The predicted octanol–water partition coefficient (Wildman–Crippen LogP) is 1.43. The van der Waals surface area contributed by atoms with Crippen molar-refractivity contribution in [3.63, 3.8) is 0 Å². The lowest BCUT2D eigenvalue weighted by molar-refractivity contribution is 0.0600. The van der Waals surface area contributed by atoms with Gasteiger partial charge in [0.1, 0.15) is 5.82 Å². The summed E-state index contributed by atoms with van der Waals surface area (Å²) >= 11 is 0. The molecule has 1 aromatic heterocycles. The Balaban J connectivity index is 2.15. The maximum Gasteiger partial charge on any atom is 0.338 e. The minimum Gasteiger partial charge on any atom is -0.465 e. The van der Waals surface area contributed by atoms with Gasteiger partial charge in [0, 0.05) is 25.3 Å². The van der Waals surface area contributed by atoms with E-state index in [-0.39, 0.29) is 12.0 Å². The molecule has 19 heavy (non-hydrogen) atoms. The summed E-state index contributed by atoms with van der Waals surface area (Å²) in [4.78, 5) is 18.1. The van der Waals surface area contributed by atoms with Crippen molar-refractivity contribution >= 4 is 11.8 Å². The van der Waals surface area contributed by atoms with Gasteiger partial charge in [-0.15, -0.1) is 0 Å². The Morgan fingerprint density at radius 1 is 1.63 bits per heavy atom. The van der Waals surface area contributed by atoms with Crippen molar-refractivity contribution in [1.82, 2.24) is 4.98 Å². The fourth-order valence-electron chi connectivity index (χ4n) is 2.48. The zero-order valence-electron chi connectivity index (χ0n) is 11.5. The van der Waals surface area contributed by atoms with Gasteiger partial charge >= 0.3 is 5.97 Å². The second-order valence-electron chi connectivity index (χ2n) is 5.10. The largest absolute Gasteiger partial charge is 0.465 e. The first kappa shape index (κ1) is 13.8. The van der Waals surface area contributed by atoms with E-state index in [0.29, 0.717) is 11.5 Å². The first-order valence-electron chi connectivity index (χ1n) is 6.66. The summed E-state index contributed by atoms with van der Waals surface area (Å²) in [5.74, 6) is 0.981. The molecule has 104 valence electrons. The van der Waals surface area contributed by atoms with Gasteiger partial charge in [0.05, 0.1) is 12.7 Å². The Hall–Kier alpha value is -1.62. The standard InChI is InChI=1S/C14H21N3O2/c1-10(15)12-4-3-7-17(9-12)13-8-11(5-6-16-13)14(18)19-2/h5-6,8,10,12H,3-4,7,9,15H2,1-2H3. The zero-order chi connectivity index (χ0) is 13.8. The SMILES string of the molecule is COC(=O)c1ccnc(N2CCCC(C(C)N)C2)c1. The second-order valence-corrected chi connectivity index (χ2v) is 5.10. The average Bonchev–Trinajstić information content (AvgIpc) is 2.46. The minimum absolute atomic E-state index is 0.187. The van der Waals surface area contributed by atoms with Crippen molar-refractivity contribution in [2.24, 2.45) is 11.7 Å². The summed E-state index contributed by atoms with van der Waals surface area (Å²) in [6.45, 7) is 3.91. The number of anilines is 1. The van der Waals surface area contributed by atoms with Gasteiger partial charge in [-0.05, 0) is 37.8 Å². The Morgan fingerprint density at radius 2 is 2.42 bits per heavy atom. The highest BCUT2D eigenvalue weighted by atomic mass is 16.5. The van der Waals surface area contributed by atoms with Crippen molar-refractivity contribution in [3.05, 3.63) is 23.9 Å². The third kappa shape index (κ3) is 3.23.